The van der Waals surface area contributed by atoms with Crippen molar-refractivity contribution in [1.29, 1.82) is 5.26 Å². The molecule has 0 heterocycles. The standard InChI is InChI=1S/C27H33NO2/c1-4-8-21-11-14-25(23(18-21)19-28)30-26(29)27(15-6-5-7-16-27)24-12-9-22(10-13-24)17-20(2)3/h9-14,18,20H,4-8,15-17H2,1-3H3. The smallest absolute Gasteiger partial charge is 0.321 e. The van der Waals surface area contributed by atoms with Crippen LogP contribution in [-0.2, 0) is 23.1 Å². The number of carbonyl (C=O) groups excluding carboxylic acids is 1. The number of hydrogen-bond acceptors (Lipinski definition) is 3. The lowest BCUT2D eigenvalue weighted by atomic mass is 9.69. The van der Waals surface area contributed by atoms with E-state index in [1.165, 1.54) is 5.56 Å². The number of aryl methyl sites for hydroxylation is 1. The Kier molecular flexibility index (Phi) is 7.32. The number of benzene rings is 2. The van der Waals surface area contributed by atoms with E-state index in [1.807, 2.05) is 12.1 Å². The van der Waals surface area contributed by atoms with Gasteiger partial charge in [-0.1, -0.05) is 76.8 Å². The molecule has 1 saturated carbocycles. The Balaban J connectivity index is 1.89. The second kappa shape index (κ2) is 9.94. The molecule has 0 amide bonds. The lowest BCUT2D eigenvalue weighted by Gasteiger charge is -2.35. The quantitative estimate of drug-likeness (QED) is 0.391. The van der Waals surface area contributed by atoms with Crippen molar-refractivity contribution in [3.05, 3.63) is 64.7 Å². The first-order chi connectivity index (χ1) is 14.5. The van der Waals surface area contributed by atoms with Crippen LogP contribution in [0.3, 0.4) is 0 Å². The highest BCUT2D eigenvalue weighted by Gasteiger charge is 2.43. The molecule has 0 aliphatic heterocycles. The molecule has 0 atom stereocenters. The molecule has 158 valence electrons. The highest BCUT2D eigenvalue weighted by atomic mass is 16.5. The van der Waals surface area contributed by atoms with Crippen LogP contribution in [0.25, 0.3) is 0 Å². The van der Waals surface area contributed by atoms with E-state index in [-0.39, 0.29) is 5.97 Å². The van der Waals surface area contributed by atoms with Crippen LogP contribution in [0, 0.1) is 17.2 Å². The number of carbonyl (C=O) groups is 1. The van der Waals surface area contributed by atoms with Crippen molar-refractivity contribution in [2.45, 2.75) is 77.6 Å². The summed E-state index contributed by atoms with van der Waals surface area (Å²) in [6.07, 6.45) is 7.74. The molecular weight excluding hydrogens is 370 g/mol. The minimum atomic E-state index is -0.622. The van der Waals surface area contributed by atoms with Crippen LogP contribution in [0.15, 0.2) is 42.5 Å². The molecule has 0 N–H and O–H groups in total. The molecule has 3 heteroatoms. The van der Waals surface area contributed by atoms with Crippen molar-refractivity contribution in [1.82, 2.24) is 0 Å². The summed E-state index contributed by atoms with van der Waals surface area (Å²) in [4.78, 5) is 13.5. The van der Waals surface area contributed by atoms with E-state index >= 15 is 0 Å². The minimum absolute atomic E-state index is 0.224. The normalized spacial score (nSPS) is 15.6. The molecule has 0 spiro atoms. The van der Waals surface area contributed by atoms with Gasteiger partial charge in [-0.25, -0.2) is 0 Å². The van der Waals surface area contributed by atoms with Crippen molar-refractivity contribution in [2.75, 3.05) is 0 Å². The fraction of sp³-hybridized carbons (Fsp3) is 0.481. The Morgan fingerprint density at radius 1 is 1.07 bits per heavy atom. The van der Waals surface area contributed by atoms with Gasteiger partial charge in [-0.2, -0.15) is 5.26 Å². The number of hydrogen-bond donors (Lipinski definition) is 0. The SMILES string of the molecule is CCCc1ccc(OC(=O)C2(c3ccc(CC(C)C)cc3)CCCCC2)c(C#N)c1. The third-order valence-corrected chi connectivity index (χ3v) is 6.15. The molecule has 30 heavy (non-hydrogen) atoms. The van der Waals surface area contributed by atoms with Gasteiger partial charge in [0.05, 0.1) is 11.0 Å². The van der Waals surface area contributed by atoms with Gasteiger partial charge in [-0.3, -0.25) is 4.79 Å². The molecule has 1 aliphatic rings. The zero-order valence-electron chi connectivity index (χ0n) is 18.5. The van der Waals surface area contributed by atoms with E-state index in [0.29, 0.717) is 17.2 Å². The lowest BCUT2D eigenvalue weighted by molar-refractivity contribution is -0.142. The summed E-state index contributed by atoms with van der Waals surface area (Å²) in [6.45, 7) is 6.54. The van der Waals surface area contributed by atoms with Crippen LogP contribution in [0.2, 0.25) is 0 Å². The molecule has 0 bridgehead atoms. The van der Waals surface area contributed by atoms with Crippen LogP contribution in [0.5, 0.6) is 5.75 Å². The second-order valence-corrected chi connectivity index (χ2v) is 9.02. The van der Waals surface area contributed by atoms with E-state index < -0.39 is 5.41 Å². The summed E-state index contributed by atoms with van der Waals surface area (Å²) in [5.74, 6) is 0.756. The summed E-state index contributed by atoms with van der Waals surface area (Å²) >= 11 is 0. The lowest BCUT2D eigenvalue weighted by Crippen LogP contribution is -2.41. The third-order valence-electron chi connectivity index (χ3n) is 6.15. The summed E-state index contributed by atoms with van der Waals surface area (Å²) in [6, 6.07) is 16.3. The van der Waals surface area contributed by atoms with Crippen LogP contribution in [-0.4, -0.2) is 5.97 Å². The number of nitrogens with zero attached hydrogens (tertiary/aromatic N) is 1. The highest BCUT2D eigenvalue weighted by Crippen LogP contribution is 2.41. The monoisotopic (exact) mass is 403 g/mol. The fourth-order valence-corrected chi connectivity index (χ4v) is 4.59. The van der Waals surface area contributed by atoms with Crippen LogP contribution >= 0.6 is 0 Å². The van der Waals surface area contributed by atoms with E-state index in [9.17, 15) is 10.1 Å². The maximum Gasteiger partial charge on any atom is 0.321 e. The van der Waals surface area contributed by atoms with E-state index in [4.69, 9.17) is 4.74 Å². The highest BCUT2D eigenvalue weighted by molar-refractivity contribution is 5.85. The second-order valence-electron chi connectivity index (χ2n) is 9.02. The molecule has 2 aromatic rings. The molecule has 0 radical (unpaired) electrons. The van der Waals surface area contributed by atoms with Crippen LogP contribution in [0.1, 0.15) is 81.5 Å². The molecule has 2 aromatic carbocycles. The maximum absolute atomic E-state index is 13.5. The summed E-state index contributed by atoms with van der Waals surface area (Å²) in [5.41, 5.74) is 3.25. The van der Waals surface area contributed by atoms with Crippen molar-refractivity contribution in [3.8, 4) is 11.8 Å². The molecule has 3 rings (SSSR count). The number of nitriles is 1. The summed E-state index contributed by atoms with van der Waals surface area (Å²) in [5, 5.41) is 9.58. The molecule has 0 saturated heterocycles. The Morgan fingerprint density at radius 3 is 2.33 bits per heavy atom. The number of rotatable bonds is 7. The molecule has 0 aromatic heterocycles. The number of esters is 1. The van der Waals surface area contributed by atoms with Gasteiger partial charge in [0, 0.05) is 0 Å². The first-order valence-electron chi connectivity index (χ1n) is 11.3. The van der Waals surface area contributed by atoms with Gasteiger partial charge in [-0.15, -0.1) is 0 Å². The van der Waals surface area contributed by atoms with Crippen molar-refractivity contribution in [3.63, 3.8) is 0 Å². The largest absolute Gasteiger partial charge is 0.424 e. The van der Waals surface area contributed by atoms with Gasteiger partial charge in [0.25, 0.3) is 0 Å². The summed E-state index contributed by atoms with van der Waals surface area (Å²) < 4.78 is 5.90. The van der Waals surface area contributed by atoms with E-state index in [1.54, 1.807) is 6.07 Å². The first kappa shape index (κ1) is 22.1. The molecule has 1 aliphatic carbocycles. The van der Waals surface area contributed by atoms with Gasteiger partial charge >= 0.3 is 5.97 Å². The van der Waals surface area contributed by atoms with Crippen LogP contribution in [0.4, 0.5) is 0 Å². The Labute approximate surface area is 181 Å². The average Bonchev–Trinajstić information content (AvgIpc) is 2.75. The van der Waals surface area contributed by atoms with Gasteiger partial charge in [0.2, 0.25) is 0 Å². The predicted molar refractivity (Wildman–Crippen MR) is 121 cm³/mol. The predicted octanol–water partition coefficient (Wildman–Crippen LogP) is 6.52. The van der Waals surface area contributed by atoms with Gasteiger partial charge in [0.1, 0.15) is 11.8 Å². The first-order valence-corrected chi connectivity index (χ1v) is 11.3. The third kappa shape index (κ3) is 4.93. The molecular formula is C27H33NO2. The Hall–Kier alpha value is -2.60. The summed E-state index contributed by atoms with van der Waals surface area (Å²) in [7, 11) is 0. The van der Waals surface area contributed by atoms with Gasteiger partial charge in [-0.05, 0) is 60.4 Å². The number of ether oxygens (including phenoxy) is 1. The average molecular weight is 404 g/mol. The Morgan fingerprint density at radius 2 is 1.73 bits per heavy atom. The van der Waals surface area contributed by atoms with E-state index in [2.05, 4.69) is 51.1 Å². The van der Waals surface area contributed by atoms with Gasteiger partial charge < -0.3 is 4.74 Å². The Bertz CT molecular complexity index is 899. The topological polar surface area (TPSA) is 50.1 Å². The molecule has 0 unspecified atom stereocenters. The zero-order chi connectivity index (χ0) is 21.6. The molecule has 3 nitrogen and oxygen atoms in total. The fourth-order valence-electron chi connectivity index (χ4n) is 4.59. The van der Waals surface area contributed by atoms with Crippen molar-refractivity contribution in [2.24, 2.45) is 5.92 Å². The molecule has 1 fully saturated rings. The minimum Gasteiger partial charge on any atom is -0.424 e. The van der Waals surface area contributed by atoms with Gasteiger partial charge in [0.15, 0.2) is 0 Å². The van der Waals surface area contributed by atoms with Crippen molar-refractivity contribution >= 4 is 5.97 Å². The van der Waals surface area contributed by atoms with E-state index in [0.717, 1.165) is 62.5 Å². The van der Waals surface area contributed by atoms with Crippen LogP contribution < -0.4 is 4.74 Å². The zero-order valence-corrected chi connectivity index (χ0v) is 18.5. The van der Waals surface area contributed by atoms with Crippen molar-refractivity contribution < 1.29 is 9.53 Å². The maximum atomic E-state index is 13.5.